The largest absolute Gasteiger partial charge is 0.460 e. The Bertz CT molecular complexity index is 312. The van der Waals surface area contributed by atoms with Gasteiger partial charge in [0.2, 0.25) is 0 Å². The van der Waals surface area contributed by atoms with Crippen LogP contribution < -0.4 is 0 Å². The van der Waals surface area contributed by atoms with E-state index < -0.39 is 17.1 Å². The van der Waals surface area contributed by atoms with Gasteiger partial charge in [0.05, 0.1) is 11.5 Å². The minimum absolute atomic E-state index is 0.329. The van der Waals surface area contributed by atoms with E-state index in [2.05, 4.69) is 0 Å². The van der Waals surface area contributed by atoms with Crippen molar-refractivity contribution in [3.05, 3.63) is 11.6 Å². The second-order valence-corrected chi connectivity index (χ2v) is 5.61. The normalized spacial score (nSPS) is 27.5. The highest BCUT2D eigenvalue weighted by molar-refractivity contribution is 5.75. The van der Waals surface area contributed by atoms with Crippen molar-refractivity contribution in [1.82, 2.24) is 0 Å². The molecule has 1 aliphatic rings. The highest BCUT2D eigenvalue weighted by Gasteiger charge is 2.43. The minimum atomic E-state index is -1.01. The maximum atomic E-state index is 11.9. The smallest absolute Gasteiger partial charge is 0.312 e. The van der Waals surface area contributed by atoms with Crippen molar-refractivity contribution in [2.45, 2.75) is 58.7 Å². The quantitative estimate of drug-likeness (QED) is 0.581. The van der Waals surface area contributed by atoms with E-state index in [0.717, 1.165) is 12.0 Å². The van der Waals surface area contributed by atoms with Crippen LogP contribution in [-0.4, -0.2) is 22.3 Å². The average Bonchev–Trinajstić information content (AvgIpc) is 2.44. The van der Waals surface area contributed by atoms with Gasteiger partial charge in [-0.05, 0) is 53.0 Å². The van der Waals surface area contributed by atoms with Gasteiger partial charge in [-0.1, -0.05) is 6.08 Å². The summed E-state index contributed by atoms with van der Waals surface area (Å²) in [4.78, 5) is 11.9. The minimum Gasteiger partial charge on any atom is -0.460 e. The third kappa shape index (κ3) is 2.64. The number of hydrogen-bond donors (Lipinski definition) is 1. The average molecular weight is 226 g/mol. The fourth-order valence-corrected chi connectivity index (χ4v) is 2.03. The van der Waals surface area contributed by atoms with Crippen LogP contribution in [0.5, 0.6) is 0 Å². The lowest BCUT2D eigenvalue weighted by molar-refractivity contribution is -0.166. The van der Waals surface area contributed by atoms with E-state index in [1.54, 1.807) is 6.92 Å². The lowest BCUT2D eigenvalue weighted by Gasteiger charge is -2.32. The van der Waals surface area contributed by atoms with E-state index >= 15 is 0 Å². The van der Waals surface area contributed by atoms with Gasteiger partial charge in [0, 0.05) is 0 Å². The van der Waals surface area contributed by atoms with Crippen LogP contribution in [0.4, 0.5) is 0 Å². The number of ether oxygens (including phenoxy) is 1. The Morgan fingerprint density at radius 1 is 1.56 bits per heavy atom. The molecule has 0 saturated carbocycles. The molecule has 1 rings (SSSR count). The second-order valence-electron chi connectivity index (χ2n) is 5.61. The number of carbonyl (C=O) groups is 1. The van der Waals surface area contributed by atoms with Crippen molar-refractivity contribution in [3.8, 4) is 0 Å². The van der Waals surface area contributed by atoms with Gasteiger partial charge >= 0.3 is 5.97 Å². The molecule has 0 fully saturated rings. The zero-order chi connectivity index (χ0) is 12.6. The Hall–Kier alpha value is -0.830. The summed E-state index contributed by atoms with van der Waals surface area (Å²) < 4.78 is 5.30. The molecule has 0 radical (unpaired) electrons. The third-order valence-corrected chi connectivity index (χ3v) is 3.14. The first-order valence-corrected chi connectivity index (χ1v) is 5.79. The molecule has 0 heterocycles. The molecule has 0 saturated heterocycles. The lowest BCUT2D eigenvalue weighted by Crippen LogP contribution is -2.42. The van der Waals surface area contributed by atoms with E-state index in [1.807, 2.05) is 33.8 Å². The van der Waals surface area contributed by atoms with Gasteiger partial charge in [0.1, 0.15) is 5.60 Å². The summed E-state index contributed by atoms with van der Waals surface area (Å²) >= 11 is 0. The predicted molar refractivity (Wildman–Crippen MR) is 62.9 cm³/mol. The summed E-state index contributed by atoms with van der Waals surface area (Å²) in [5, 5.41) is 10.4. The molecule has 2 atom stereocenters. The van der Waals surface area contributed by atoms with Crippen molar-refractivity contribution in [3.63, 3.8) is 0 Å². The Morgan fingerprint density at radius 3 is 2.50 bits per heavy atom. The van der Waals surface area contributed by atoms with Crippen LogP contribution in [-0.2, 0) is 9.53 Å². The van der Waals surface area contributed by atoms with Crippen LogP contribution in [0.25, 0.3) is 0 Å². The van der Waals surface area contributed by atoms with E-state index in [0.29, 0.717) is 6.42 Å². The van der Waals surface area contributed by atoms with Gasteiger partial charge in [0.25, 0.3) is 0 Å². The van der Waals surface area contributed by atoms with Crippen molar-refractivity contribution >= 4 is 5.97 Å². The van der Waals surface area contributed by atoms with Crippen LogP contribution in [0.2, 0.25) is 0 Å². The first-order valence-electron chi connectivity index (χ1n) is 5.79. The Kier molecular flexibility index (Phi) is 3.48. The predicted octanol–water partition coefficient (Wildman–Crippen LogP) is 2.44. The standard InChI is InChI=1S/C13H22O3/c1-9-7-6-8-13(9,15)10(2)11(14)16-12(3,4)5/h7,10,15H,6,8H2,1-5H3. The molecule has 1 aliphatic carbocycles. The molecule has 0 amide bonds. The number of aliphatic hydroxyl groups is 1. The van der Waals surface area contributed by atoms with E-state index in [9.17, 15) is 9.90 Å². The molecule has 3 heteroatoms. The summed E-state index contributed by atoms with van der Waals surface area (Å²) in [6, 6.07) is 0. The number of allylic oxidation sites excluding steroid dienone is 1. The molecule has 0 aromatic carbocycles. The molecule has 2 unspecified atom stereocenters. The number of hydrogen-bond acceptors (Lipinski definition) is 3. The van der Waals surface area contributed by atoms with Gasteiger partial charge < -0.3 is 9.84 Å². The molecule has 0 aromatic heterocycles. The first-order chi connectivity index (χ1) is 7.17. The van der Waals surface area contributed by atoms with Crippen LogP contribution in [0.15, 0.2) is 11.6 Å². The fourth-order valence-electron chi connectivity index (χ4n) is 2.03. The van der Waals surface area contributed by atoms with Crippen molar-refractivity contribution < 1.29 is 14.6 Å². The molecule has 1 N–H and O–H groups in total. The third-order valence-electron chi connectivity index (χ3n) is 3.14. The second kappa shape index (κ2) is 4.21. The summed E-state index contributed by atoms with van der Waals surface area (Å²) in [5.41, 5.74) is -0.633. The molecular formula is C13H22O3. The van der Waals surface area contributed by atoms with Crippen LogP contribution in [0.3, 0.4) is 0 Å². The molecule has 0 aromatic rings. The SMILES string of the molecule is CC1=CCCC1(O)C(C)C(=O)OC(C)(C)C. The molecule has 16 heavy (non-hydrogen) atoms. The zero-order valence-electron chi connectivity index (χ0n) is 10.8. The van der Waals surface area contributed by atoms with Crippen molar-refractivity contribution in [1.29, 1.82) is 0 Å². The fraction of sp³-hybridized carbons (Fsp3) is 0.769. The van der Waals surface area contributed by atoms with E-state index in [-0.39, 0.29) is 5.97 Å². The molecule has 0 spiro atoms. The maximum Gasteiger partial charge on any atom is 0.312 e. The summed E-state index contributed by atoms with van der Waals surface area (Å²) in [5.74, 6) is -0.838. The van der Waals surface area contributed by atoms with Gasteiger partial charge in [-0.15, -0.1) is 0 Å². The maximum absolute atomic E-state index is 11.9. The van der Waals surface area contributed by atoms with E-state index in [1.165, 1.54) is 0 Å². The number of rotatable bonds is 2. The molecular weight excluding hydrogens is 204 g/mol. The number of esters is 1. The van der Waals surface area contributed by atoms with Gasteiger partial charge in [-0.2, -0.15) is 0 Å². The zero-order valence-corrected chi connectivity index (χ0v) is 10.8. The first kappa shape index (κ1) is 13.2. The monoisotopic (exact) mass is 226 g/mol. The molecule has 3 nitrogen and oxygen atoms in total. The highest BCUT2D eigenvalue weighted by Crippen LogP contribution is 2.37. The number of carbonyl (C=O) groups excluding carboxylic acids is 1. The summed E-state index contributed by atoms with van der Waals surface area (Å²) in [6.45, 7) is 9.10. The van der Waals surface area contributed by atoms with Crippen molar-refractivity contribution in [2.75, 3.05) is 0 Å². The lowest BCUT2D eigenvalue weighted by atomic mass is 9.83. The van der Waals surface area contributed by atoms with Crippen LogP contribution >= 0.6 is 0 Å². The Morgan fingerprint density at radius 2 is 2.12 bits per heavy atom. The highest BCUT2D eigenvalue weighted by atomic mass is 16.6. The van der Waals surface area contributed by atoms with Gasteiger partial charge in [-0.25, -0.2) is 0 Å². The summed E-state index contributed by atoms with van der Waals surface area (Å²) in [6.07, 6.45) is 3.43. The van der Waals surface area contributed by atoms with Crippen LogP contribution in [0.1, 0.15) is 47.5 Å². The van der Waals surface area contributed by atoms with Crippen LogP contribution in [0, 0.1) is 5.92 Å². The Balaban J connectivity index is 2.75. The Labute approximate surface area is 97.5 Å². The van der Waals surface area contributed by atoms with E-state index in [4.69, 9.17) is 4.74 Å². The summed E-state index contributed by atoms with van der Waals surface area (Å²) in [7, 11) is 0. The van der Waals surface area contributed by atoms with Crippen molar-refractivity contribution in [2.24, 2.45) is 5.92 Å². The molecule has 0 bridgehead atoms. The van der Waals surface area contributed by atoms with Gasteiger partial charge in [-0.3, -0.25) is 4.79 Å². The van der Waals surface area contributed by atoms with Gasteiger partial charge in [0.15, 0.2) is 0 Å². The topological polar surface area (TPSA) is 46.5 Å². The molecule has 0 aliphatic heterocycles. The molecule has 92 valence electrons.